The maximum Gasteiger partial charge on any atom is 0.333 e. The van der Waals surface area contributed by atoms with Crippen LogP contribution in [-0.4, -0.2) is 38.3 Å². The van der Waals surface area contributed by atoms with E-state index in [-0.39, 0.29) is 23.7 Å². The maximum atomic E-state index is 12.2. The monoisotopic (exact) mass is 492 g/mol. The molecule has 0 heterocycles. The van der Waals surface area contributed by atoms with Crippen LogP contribution < -0.4 is 9.47 Å². The highest BCUT2D eigenvalue weighted by Gasteiger charge is 2.20. The van der Waals surface area contributed by atoms with Crippen LogP contribution >= 0.6 is 0 Å². The predicted molar refractivity (Wildman–Crippen MR) is 133 cm³/mol. The van der Waals surface area contributed by atoms with Gasteiger partial charge < -0.3 is 14.2 Å². The molecule has 0 radical (unpaired) electrons. The minimum atomic E-state index is -4.41. The number of ether oxygens (including phenoxy) is 3. The maximum absolute atomic E-state index is 12.2. The van der Waals surface area contributed by atoms with Crippen molar-refractivity contribution in [3.05, 3.63) is 91.0 Å². The molecular formula is C27H24O7S. The van der Waals surface area contributed by atoms with Crippen LogP contribution in [0.15, 0.2) is 95.9 Å². The van der Waals surface area contributed by atoms with E-state index in [0.29, 0.717) is 16.9 Å². The van der Waals surface area contributed by atoms with Gasteiger partial charge in [-0.2, -0.15) is 8.42 Å². The van der Waals surface area contributed by atoms with Crippen molar-refractivity contribution in [2.75, 3.05) is 13.2 Å². The molecule has 7 nitrogen and oxygen atoms in total. The summed E-state index contributed by atoms with van der Waals surface area (Å²) in [6.45, 7) is 5.14. The van der Waals surface area contributed by atoms with Gasteiger partial charge in [-0.25, -0.2) is 4.79 Å². The molecule has 0 aromatic heterocycles. The van der Waals surface area contributed by atoms with Crippen molar-refractivity contribution in [1.82, 2.24) is 0 Å². The van der Waals surface area contributed by atoms with Crippen molar-refractivity contribution >= 4 is 37.6 Å². The Kier molecular flexibility index (Phi) is 7.04. The lowest BCUT2D eigenvalue weighted by Gasteiger charge is -2.21. The van der Waals surface area contributed by atoms with Crippen LogP contribution in [0.25, 0.3) is 21.5 Å². The van der Waals surface area contributed by atoms with Gasteiger partial charge in [0.05, 0.1) is 4.90 Å². The Morgan fingerprint density at radius 3 is 2.26 bits per heavy atom. The summed E-state index contributed by atoms with van der Waals surface area (Å²) in [7, 11) is -4.41. The molecule has 0 spiro atoms. The van der Waals surface area contributed by atoms with Gasteiger partial charge in [-0.3, -0.25) is 4.55 Å². The van der Waals surface area contributed by atoms with Crippen molar-refractivity contribution in [2.24, 2.45) is 0 Å². The average Bonchev–Trinajstić information content (AvgIpc) is 2.84. The largest absolute Gasteiger partial charge is 0.490 e. The smallest absolute Gasteiger partial charge is 0.333 e. The van der Waals surface area contributed by atoms with E-state index >= 15 is 0 Å². The second-order valence-electron chi connectivity index (χ2n) is 8.03. The van der Waals surface area contributed by atoms with Crippen LogP contribution in [0, 0.1) is 0 Å². The standard InChI is InChI=1S/C27H24O7S/c1-18(2)27(28)34-22(16-32-21-9-4-3-5-10-21)17-33-26-24-11-7-6-8-19(24)14-20-12-13-23(15-25(20)26)35(29,30)31/h3-15,22H,1,16-17H2,2H3,(H,29,30,31). The summed E-state index contributed by atoms with van der Waals surface area (Å²) in [4.78, 5) is 12.0. The van der Waals surface area contributed by atoms with Crippen molar-refractivity contribution in [3.63, 3.8) is 0 Å². The SMILES string of the molecule is C=C(C)C(=O)OC(COc1ccccc1)COc1c2ccccc2cc2ccc(S(=O)(=O)O)cc12. The Hall–Kier alpha value is -3.88. The Morgan fingerprint density at radius 1 is 0.886 bits per heavy atom. The first-order valence-electron chi connectivity index (χ1n) is 10.8. The molecule has 180 valence electrons. The number of carbonyl (C=O) groups excluding carboxylic acids is 1. The summed E-state index contributed by atoms with van der Waals surface area (Å²) in [6, 6.07) is 22.8. The average molecular weight is 493 g/mol. The van der Waals surface area contributed by atoms with Gasteiger partial charge in [0.15, 0.2) is 6.10 Å². The van der Waals surface area contributed by atoms with Crippen LogP contribution in [0.3, 0.4) is 0 Å². The van der Waals surface area contributed by atoms with Crippen LogP contribution in [0.4, 0.5) is 0 Å². The Balaban J connectivity index is 1.69. The molecule has 0 aliphatic rings. The predicted octanol–water partition coefficient (Wildman–Crippen LogP) is 5.19. The highest BCUT2D eigenvalue weighted by Crippen LogP contribution is 2.36. The Labute approximate surface area is 203 Å². The first kappa shape index (κ1) is 24.3. The molecule has 4 aromatic carbocycles. The number of para-hydroxylation sites is 1. The van der Waals surface area contributed by atoms with Crippen LogP contribution in [0.1, 0.15) is 6.92 Å². The molecule has 1 unspecified atom stereocenters. The first-order chi connectivity index (χ1) is 16.7. The van der Waals surface area contributed by atoms with E-state index < -0.39 is 22.2 Å². The third kappa shape index (κ3) is 5.79. The van der Waals surface area contributed by atoms with Crippen molar-refractivity contribution in [2.45, 2.75) is 17.9 Å². The molecule has 0 saturated heterocycles. The fourth-order valence-corrected chi connectivity index (χ4v) is 4.07. The van der Waals surface area contributed by atoms with Gasteiger partial charge >= 0.3 is 5.97 Å². The van der Waals surface area contributed by atoms with Gasteiger partial charge in [0.25, 0.3) is 10.1 Å². The van der Waals surface area contributed by atoms with E-state index in [1.807, 2.05) is 48.5 Å². The number of fused-ring (bicyclic) bond motifs is 2. The van der Waals surface area contributed by atoms with E-state index in [9.17, 15) is 17.8 Å². The summed E-state index contributed by atoms with van der Waals surface area (Å²) >= 11 is 0. The van der Waals surface area contributed by atoms with Gasteiger partial charge in [0, 0.05) is 16.3 Å². The molecular weight excluding hydrogens is 468 g/mol. The van der Waals surface area contributed by atoms with Crippen LogP contribution in [-0.2, 0) is 19.6 Å². The van der Waals surface area contributed by atoms with Gasteiger partial charge in [-0.05, 0) is 48.0 Å². The quantitative estimate of drug-likeness (QED) is 0.149. The van der Waals surface area contributed by atoms with E-state index in [1.165, 1.54) is 12.1 Å². The summed E-state index contributed by atoms with van der Waals surface area (Å²) in [5, 5.41) is 2.84. The number of hydrogen-bond acceptors (Lipinski definition) is 6. The van der Waals surface area contributed by atoms with Crippen molar-refractivity contribution < 1.29 is 32.0 Å². The molecule has 35 heavy (non-hydrogen) atoms. The van der Waals surface area contributed by atoms with E-state index in [0.717, 1.165) is 16.2 Å². The van der Waals surface area contributed by atoms with Gasteiger partial charge in [-0.1, -0.05) is 55.1 Å². The lowest BCUT2D eigenvalue weighted by Crippen LogP contribution is -2.31. The molecule has 8 heteroatoms. The Bertz CT molecular complexity index is 1490. The molecule has 1 N–H and O–H groups in total. The molecule has 0 aliphatic heterocycles. The molecule has 1 atom stereocenters. The molecule has 0 fully saturated rings. The van der Waals surface area contributed by atoms with Gasteiger partial charge in [0.1, 0.15) is 24.7 Å². The van der Waals surface area contributed by atoms with Crippen LogP contribution in [0.5, 0.6) is 11.5 Å². The molecule has 4 rings (SSSR count). The summed E-state index contributed by atoms with van der Waals surface area (Å²) in [5.41, 5.74) is 0.239. The number of benzene rings is 4. The first-order valence-corrected chi connectivity index (χ1v) is 12.3. The summed E-state index contributed by atoms with van der Waals surface area (Å²) in [6.07, 6.45) is -0.779. The topological polar surface area (TPSA) is 99.1 Å². The van der Waals surface area contributed by atoms with Crippen LogP contribution in [0.2, 0.25) is 0 Å². The zero-order valence-electron chi connectivity index (χ0n) is 19.0. The zero-order chi connectivity index (χ0) is 25.0. The highest BCUT2D eigenvalue weighted by molar-refractivity contribution is 7.85. The molecule has 4 aromatic rings. The van der Waals surface area contributed by atoms with Crippen molar-refractivity contribution in [3.8, 4) is 11.5 Å². The fraction of sp³-hybridized carbons (Fsp3) is 0.148. The molecule has 0 bridgehead atoms. The van der Waals surface area contributed by atoms with Crippen molar-refractivity contribution in [1.29, 1.82) is 0 Å². The molecule has 0 saturated carbocycles. The third-order valence-electron chi connectivity index (χ3n) is 5.30. The second kappa shape index (κ2) is 10.2. The number of carbonyl (C=O) groups is 1. The highest BCUT2D eigenvalue weighted by atomic mass is 32.2. The number of hydrogen-bond donors (Lipinski definition) is 1. The molecule has 0 aliphatic carbocycles. The minimum absolute atomic E-state index is 0.0298. The Morgan fingerprint density at radius 2 is 1.54 bits per heavy atom. The van der Waals surface area contributed by atoms with E-state index in [4.69, 9.17) is 14.2 Å². The third-order valence-corrected chi connectivity index (χ3v) is 6.15. The minimum Gasteiger partial charge on any atom is -0.490 e. The summed E-state index contributed by atoms with van der Waals surface area (Å²) < 4.78 is 50.5. The normalized spacial score (nSPS) is 12.3. The lowest BCUT2D eigenvalue weighted by molar-refractivity contribution is -0.147. The lowest BCUT2D eigenvalue weighted by atomic mass is 10.0. The van der Waals surface area contributed by atoms with E-state index in [1.54, 1.807) is 25.1 Å². The molecule has 0 amide bonds. The zero-order valence-corrected chi connectivity index (χ0v) is 19.8. The van der Waals surface area contributed by atoms with E-state index in [2.05, 4.69) is 6.58 Å². The fourth-order valence-electron chi connectivity index (χ4n) is 3.57. The number of rotatable bonds is 9. The van der Waals surface area contributed by atoms with Gasteiger partial charge in [-0.15, -0.1) is 0 Å². The second-order valence-corrected chi connectivity index (χ2v) is 9.45. The summed E-state index contributed by atoms with van der Waals surface area (Å²) in [5.74, 6) is 0.434. The number of esters is 1. The van der Waals surface area contributed by atoms with Gasteiger partial charge in [0.2, 0.25) is 0 Å².